The second-order valence-corrected chi connectivity index (χ2v) is 12.6. The van der Waals surface area contributed by atoms with Crippen LogP contribution < -0.4 is 16.0 Å². The van der Waals surface area contributed by atoms with Crippen LogP contribution in [0.5, 0.6) is 0 Å². The summed E-state index contributed by atoms with van der Waals surface area (Å²) < 4.78 is 1.10. The largest absolute Gasteiger partial charge is 0.279 e. The molecule has 0 amide bonds. The van der Waals surface area contributed by atoms with E-state index in [0.717, 1.165) is 4.47 Å². The molecule has 0 bridgehead atoms. The Morgan fingerprint density at radius 3 is 1.40 bits per heavy atom. The van der Waals surface area contributed by atoms with E-state index in [2.05, 4.69) is 190 Å². The molecule has 4 heteroatoms. The molecule has 7 aromatic rings. The van der Waals surface area contributed by atoms with Gasteiger partial charge >= 0.3 is 0 Å². The van der Waals surface area contributed by atoms with Crippen molar-refractivity contribution in [3.8, 4) is 22.3 Å². The molecule has 3 nitrogen and oxygen atoms in total. The lowest BCUT2D eigenvalue weighted by Gasteiger charge is -2.39. The van der Waals surface area contributed by atoms with E-state index < -0.39 is 0 Å². The Morgan fingerprint density at radius 1 is 0.378 bits per heavy atom. The Kier molecular flexibility index (Phi) is 7.49. The van der Waals surface area contributed by atoms with Crippen molar-refractivity contribution in [1.82, 2.24) is 16.0 Å². The number of rotatable bonds is 5. The summed E-state index contributed by atoms with van der Waals surface area (Å²) in [4.78, 5) is 0. The first-order valence-electron chi connectivity index (χ1n) is 15.4. The Morgan fingerprint density at radius 2 is 0.844 bits per heavy atom. The number of hydrogen-bond donors (Lipinski definition) is 3. The Labute approximate surface area is 272 Å². The number of halogens is 1. The van der Waals surface area contributed by atoms with Crippen LogP contribution in [0.4, 0.5) is 0 Å². The van der Waals surface area contributed by atoms with Gasteiger partial charge in [0.1, 0.15) is 0 Å². The second-order valence-electron chi connectivity index (χ2n) is 11.7. The molecule has 2 unspecified atom stereocenters. The molecule has 0 aromatic heterocycles. The highest BCUT2D eigenvalue weighted by Gasteiger charge is 2.29. The lowest BCUT2D eigenvalue weighted by molar-refractivity contribution is 0.203. The summed E-state index contributed by atoms with van der Waals surface area (Å²) >= 11 is 3.62. The minimum atomic E-state index is -0.0174. The van der Waals surface area contributed by atoms with Crippen LogP contribution in [0.25, 0.3) is 43.8 Å². The second kappa shape index (κ2) is 12.1. The maximum absolute atomic E-state index is 3.78. The van der Waals surface area contributed by atoms with Crippen molar-refractivity contribution in [2.45, 2.75) is 18.5 Å². The van der Waals surface area contributed by atoms with Crippen LogP contribution in [0.3, 0.4) is 0 Å². The zero-order valence-corrected chi connectivity index (χ0v) is 26.2. The van der Waals surface area contributed by atoms with Gasteiger partial charge in [-0.3, -0.25) is 16.0 Å². The molecule has 45 heavy (non-hydrogen) atoms. The topological polar surface area (TPSA) is 36.1 Å². The third kappa shape index (κ3) is 5.58. The van der Waals surface area contributed by atoms with E-state index in [4.69, 9.17) is 0 Å². The minimum absolute atomic E-state index is 0.0141. The van der Waals surface area contributed by atoms with Gasteiger partial charge < -0.3 is 0 Å². The first-order valence-corrected chi connectivity index (χ1v) is 16.2. The van der Waals surface area contributed by atoms with Gasteiger partial charge in [0.05, 0.1) is 18.5 Å². The van der Waals surface area contributed by atoms with Crippen LogP contribution >= 0.6 is 15.9 Å². The van der Waals surface area contributed by atoms with Gasteiger partial charge in [0.25, 0.3) is 0 Å². The lowest BCUT2D eigenvalue weighted by Crippen LogP contribution is -2.54. The average molecular weight is 647 g/mol. The fourth-order valence-corrected chi connectivity index (χ4v) is 6.95. The van der Waals surface area contributed by atoms with Crippen molar-refractivity contribution in [3.63, 3.8) is 0 Å². The molecule has 1 fully saturated rings. The number of hydrogen-bond acceptors (Lipinski definition) is 3. The maximum atomic E-state index is 3.78. The van der Waals surface area contributed by atoms with E-state index in [-0.39, 0.29) is 18.5 Å². The zero-order chi connectivity index (χ0) is 30.2. The van der Waals surface area contributed by atoms with Crippen molar-refractivity contribution in [3.05, 3.63) is 179 Å². The maximum Gasteiger partial charge on any atom is 0.0864 e. The Balaban J connectivity index is 1.10. The van der Waals surface area contributed by atoms with Crippen LogP contribution in [0.2, 0.25) is 0 Å². The highest BCUT2D eigenvalue weighted by Crippen LogP contribution is 2.37. The molecule has 1 aliphatic heterocycles. The monoisotopic (exact) mass is 645 g/mol. The zero-order valence-electron chi connectivity index (χ0n) is 24.6. The van der Waals surface area contributed by atoms with Crippen molar-refractivity contribution in [2.24, 2.45) is 0 Å². The SMILES string of the molecule is Brc1ccc2c(-c3cccc4cc(-c5ccc(C6NC(c7ccccc7)NC(c7ccccc7)N6)cc5)ccc34)cccc2c1. The summed E-state index contributed by atoms with van der Waals surface area (Å²) in [6.07, 6.45) is 0.0109. The first kappa shape index (κ1) is 27.9. The molecule has 1 saturated heterocycles. The van der Waals surface area contributed by atoms with Gasteiger partial charge in [0, 0.05) is 4.47 Å². The third-order valence-corrected chi connectivity index (χ3v) is 9.35. The quantitative estimate of drug-likeness (QED) is 0.174. The minimum Gasteiger partial charge on any atom is -0.279 e. The van der Waals surface area contributed by atoms with Crippen molar-refractivity contribution in [2.75, 3.05) is 0 Å². The van der Waals surface area contributed by atoms with Crippen LogP contribution in [0, 0.1) is 0 Å². The summed E-state index contributed by atoms with van der Waals surface area (Å²) in [6, 6.07) is 56.7. The Bertz CT molecular complexity index is 2060. The van der Waals surface area contributed by atoms with Crippen LogP contribution in [-0.4, -0.2) is 0 Å². The highest BCUT2D eigenvalue weighted by molar-refractivity contribution is 9.10. The molecular formula is C41H32BrN3. The van der Waals surface area contributed by atoms with Crippen LogP contribution in [0.15, 0.2) is 162 Å². The number of benzene rings is 7. The van der Waals surface area contributed by atoms with Gasteiger partial charge in [0.2, 0.25) is 0 Å². The van der Waals surface area contributed by atoms with E-state index in [1.54, 1.807) is 0 Å². The van der Waals surface area contributed by atoms with E-state index in [9.17, 15) is 0 Å². The normalized spacial score (nSPS) is 18.3. The molecule has 0 radical (unpaired) electrons. The van der Waals surface area contributed by atoms with Crippen molar-refractivity contribution in [1.29, 1.82) is 0 Å². The summed E-state index contributed by atoms with van der Waals surface area (Å²) in [6.45, 7) is 0. The molecule has 2 atom stereocenters. The van der Waals surface area contributed by atoms with Gasteiger partial charge in [0.15, 0.2) is 0 Å². The van der Waals surface area contributed by atoms with Gasteiger partial charge in [-0.1, -0.05) is 155 Å². The molecular weight excluding hydrogens is 614 g/mol. The fourth-order valence-electron chi connectivity index (χ4n) is 6.57. The third-order valence-electron chi connectivity index (χ3n) is 8.86. The van der Waals surface area contributed by atoms with Gasteiger partial charge in [-0.15, -0.1) is 0 Å². The van der Waals surface area contributed by atoms with Crippen molar-refractivity contribution >= 4 is 37.5 Å². The molecule has 1 heterocycles. The molecule has 3 N–H and O–H groups in total. The molecule has 0 saturated carbocycles. The summed E-state index contributed by atoms with van der Waals surface area (Å²) in [5, 5.41) is 16.3. The summed E-state index contributed by atoms with van der Waals surface area (Å²) in [5.41, 5.74) is 8.56. The van der Waals surface area contributed by atoms with Gasteiger partial charge in [-0.25, -0.2) is 0 Å². The van der Waals surface area contributed by atoms with E-state index >= 15 is 0 Å². The Hall–Kier alpha value is -4.58. The fraction of sp³-hybridized carbons (Fsp3) is 0.0732. The molecule has 1 aliphatic rings. The van der Waals surface area contributed by atoms with Crippen LogP contribution in [0.1, 0.15) is 35.2 Å². The van der Waals surface area contributed by atoms with E-state index in [1.807, 2.05) is 0 Å². The number of fused-ring (bicyclic) bond motifs is 2. The van der Waals surface area contributed by atoms with Crippen LogP contribution in [-0.2, 0) is 0 Å². The first-order chi connectivity index (χ1) is 22.2. The van der Waals surface area contributed by atoms with Gasteiger partial charge in [-0.05, 0) is 78.7 Å². The summed E-state index contributed by atoms with van der Waals surface area (Å²) in [5.74, 6) is 0. The van der Waals surface area contributed by atoms with E-state index in [0.29, 0.717) is 0 Å². The molecule has 8 rings (SSSR count). The standard InChI is InChI=1S/C41H32BrN3/c42-34-22-24-36-33(26-34)14-8-16-38(36)37-15-7-13-32-25-31(21-23-35(32)37)27-17-19-30(20-18-27)41-44-39(28-9-3-1-4-10-28)43-40(45-41)29-11-5-2-6-12-29/h1-26,39-41,43-45H. The molecule has 218 valence electrons. The lowest BCUT2D eigenvalue weighted by atomic mass is 9.92. The van der Waals surface area contributed by atoms with Gasteiger partial charge in [-0.2, -0.15) is 0 Å². The predicted molar refractivity (Wildman–Crippen MR) is 191 cm³/mol. The highest BCUT2D eigenvalue weighted by atomic mass is 79.9. The smallest absolute Gasteiger partial charge is 0.0864 e. The summed E-state index contributed by atoms with van der Waals surface area (Å²) in [7, 11) is 0. The predicted octanol–water partition coefficient (Wildman–Crippen LogP) is 10.3. The number of nitrogens with one attached hydrogen (secondary N) is 3. The molecule has 0 aliphatic carbocycles. The molecule has 7 aromatic carbocycles. The van der Waals surface area contributed by atoms with Crippen molar-refractivity contribution < 1.29 is 0 Å². The average Bonchev–Trinajstić information content (AvgIpc) is 3.11. The molecule has 0 spiro atoms. The van der Waals surface area contributed by atoms with E-state index in [1.165, 1.54) is 60.5 Å².